The van der Waals surface area contributed by atoms with Crippen molar-refractivity contribution in [2.45, 2.75) is 268 Å². The lowest BCUT2D eigenvalue weighted by atomic mass is 9.99. The van der Waals surface area contributed by atoms with Gasteiger partial charge in [-0.25, -0.2) is 4.18 Å². The zero-order valence-corrected chi connectivity index (χ0v) is 41.5. The number of carbonyl (C=O) groups excluding carboxylic acids is 1. The van der Waals surface area contributed by atoms with E-state index in [1.165, 1.54) is 147 Å². The molecule has 1 heterocycles. The molecule has 13 nitrogen and oxygen atoms in total. The molecule has 0 aliphatic carbocycles. The quantitative estimate of drug-likeness (QED) is 0.0173. The first-order valence-electron chi connectivity index (χ1n) is 26.0. The van der Waals surface area contributed by atoms with Crippen LogP contribution in [0.2, 0.25) is 0 Å². The van der Waals surface area contributed by atoms with Crippen molar-refractivity contribution in [2.75, 3.05) is 13.2 Å². The Labute approximate surface area is 395 Å². The van der Waals surface area contributed by atoms with Gasteiger partial charge >= 0.3 is 10.4 Å². The predicted octanol–water partition coefficient (Wildman–Crippen LogP) is 10.0. The van der Waals surface area contributed by atoms with Crippen LogP contribution < -0.4 is 5.32 Å². The molecule has 0 aromatic rings. The van der Waals surface area contributed by atoms with Gasteiger partial charge in [0.2, 0.25) is 5.91 Å². The third kappa shape index (κ3) is 33.4. The summed E-state index contributed by atoms with van der Waals surface area (Å²) in [6.07, 6.45) is 38.0. The fourth-order valence-corrected chi connectivity index (χ4v) is 8.65. The third-order valence-corrected chi connectivity index (χ3v) is 12.7. The molecule has 1 saturated heterocycles. The van der Waals surface area contributed by atoms with Crippen LogP contribution in [0.1, 0.15) is 219 Å². The van der Waals surface area contributed by atoms with Gasteiger partial charge in [-0.2, -0.15) is 8.42 Å². The van der Waals surface area contributed by atoms with Crippen molar-refractivity contribution in [1.29, 1.82) is 0 Å². The molecule has 0 radical (unpaired) electrons. The monoisotopic (exact) mass is 946 g/mol. The second-order valence-corrected chi connectivity index (χ2v) is 19.3. The van der Waals surface area contributed by atoms with Gasteiger partial charge in [0.1, 0.15) is 30.5 Å². The molecule has 1 fully saturated rings. The molecule has 65 heavy (non-hydrogen) atoms. The highest BCUT2D eigenvalue weighted by Gasteiger charge is 2.48. The molecule has 7 N–H and O–H groups in total. The lowest BCUT2D eigenvalue weighted by molar-refractivity contribution is -0.298. The molecule has 1 amide bonds. The molecule has 1 rings (SSSR count). The van der Waals surface area contributed by atoms with Crippen molar-refractivity contribution in [3.8, 4) is 0 Å². The van der Waals surface area contributed by atoms with Gasteiger partial charge < -0.3 is 40.3 Å². The topological polar surface area (TPSA) is 212 Å². The number of ether oxygens (including phenoxy) is 2. The molecule has 0 aromatic carbocycles. The summed E-state index contributed by atoms with van der Waals surface area (Å²) in [5.41, 5.74) is 0. The van der Waals surface area contributed by atoms with Crippen molar-refractivity contribution in [3.63, 3.8) is 0 Å². The van der Waals surface area contributed by atoms with Gasteiger partial charge in [0.25, 0.3) is 0 Å². The predicted molar refractivity (Wildman–Crippen MR) is 261 cm³/mol. The fraction of sp³-hybridized carbons (Fsp3) is 0.863. The van der Waals surface area contributed by atoms with Crippen LogP contribution in [0.3, 0.4) is 0 Å². The number of nitrogens with one attached hydrogen (secondary N) is 1. The standard InChI is InChI=1S/C51H95NO12S/c1-3-5-7-9-11-13-15-17-19-20-21-22-23-24-26-27-29-31-33-35-37-39-44(54)43(42-62-51-48(57)49(64-65(59,60)61)47(56)46(41-53)63-51)52-50(58)45(55)40-38-36-34-32-30-28-25-18-16-14-12-10-8-6-4-2/h23-24,29,31,37,39,43-49,51,53-57H,3-22,25-28,30,32-36,38,40-42H2,1-2H3,(H,52,58)(H,59,60,61)/b24-23+,31-29+,39-37+. The van der Waals surface area contributed by atoms with E-state index < -0.39 is 78.5 Å². The Morgan fingerprint density at radius 1 is 0.615 bits per heavy atom. The van der Waals surface area contributed by atoms with Crippen LogP contribution in [-0.4, -0.2) is 107 Å². The minimum absolute atomic E-state index is 0.236. The first-order chi connectivity index (χ1) is 31.4. The zero-order chi connectivity index (χ0) is 47.8. The lowest BCUT2D eigenvalue weighted by Gasteiger charge is -2.41. The minimum Gasteiger partial charge on any atom is -0.394 e. The molecular weight excluding hydrogens is 851 g/mol. The number of aliphatic hydroxyl groups is 5. The van der Waals surface area contributed by atoms with Crippen LogP contribution >= 0.6 is 0 Å². The van der Waals surface area contributed by atoms with Crippen LogP contribution in [-0.2, 0) is 28.9 Å². The normalized spacial score (nSPS) is 20.9. The molecule has 382 valence electrons. The zero-order valence-electron chi connectivity index (χ0n) is 40.7. The van der Waals surface area contributed by atoms with E-state index in [4.69, 9.17) is 9.47 Å². The van der Waals surface area contributed by atoms with Crippen LogP contribution in [0.25, 0.3) is 0 Å². The second kappa shape index (κ2) is 41.3. The molecule has 1 aliphatic rings. The van der Waals surface area contributed by atoms with E-state index in [2.05, 4.69) is 47.7 Å². The molecule has 1 aliphatic heterocycles. The summed E-state index contributed by atoms with van der Waals surface area (Å²) in [6, 6.07) is -1.14. The van der Waals surface area contributed by atoms with Gasteiger partial charge in [0, 0.05) is 0 Å². The van der Waals surface area contributed by atoms with Crippen LogP contribution in [0.4, 0.5) is 0 Å². The molecule has 0 bridgehead atoms. The van der Waals surface area contributed by atoms with Crippen LogP contribution in [0, 0.1) is 0 Å². The Kier molecular flexibility index (Phi) is 38.9. The molecule has 8 unspecified atom stereocenters. The number of unbranched alkanes of at least 4 members (excludes halogenated alkanes) is 27. The van der Waals surface area contributed by atoms with Crippen molar-refractivity contribution in [3.05, 3.63) is 36.5 Å². The highest BCUT2D eigenvalue weighted by atomic mass is 32.3. The third-order valence-electron chi connectivity index (χ3n) is 12.3. The molecular formula is C51H95NO12S. The largest absolute Gasteiger partial charge is 0.397 e. The Bertz CT molecular complexity index is 1310. The first-order valence-corrected chi connectivity index (χ1v) is 27.3. The van der Waals surface area contributed by atoms with Crippen LogP contribution in [0.15, 0.2) is 36.5 Å². The van der Waals surface area contributed by atoms with E-state index in [1.807, 2.05) is 0 Å². The Morgan fingerprint density at radius 3 is 1.48 bits per heavy atom. The molecule has 14 heteroatoms. The van der Waals surface area contributed by atoms with Crippen molar-refractivity contribution in [1.82, 2.24) is 5.32 Å². The molecule has 8 atom stereocenters. The van der Waals surface area contributed by atoms with Gasteiger partial charge in [0.15, 0.2) is 6.29 Å². The van der Waals surface area contributed by atoms with E-state index in [0.29, 0.717) is 12.8 Å². The van der Waals surface area contributed by atoms with E-state index in [-0.39, 0.29) is 6.42 Å². The van der Waals surface area contributed by atoms with E-state index in [0.717, 1.165) is 44.9 Å². The summed E-state index contributed by atoms with van der Waals surface area (Å²) in [5.74, 6) is -0.714. The number of amides is 1. The summed E-state index contributed by atoms with van der Waals surface area (Å²) >= 11 is 0. The molecule has 0 aromatic heterocycles. The van der Waals surface area contributed by atoms with E-state index >= 15 is 0 Å². The lowest BCUT2D eigenvalue weighted by Crippen LogP contribution is -2.61. The summed E-state index contributed by atoms with van der Waals surface area (Å²) in [7, 11) is -5.13. The van der Waals surface area contributed by atoms with Crippen molar-refractivity contribution in [2.24, 2.45) is 0 Å². The summed E-state index contributed by atoms with van der Waals surface area (Å²) < 4.78 is 47.6. The maximum atomic E-state index is 13.1. The average molecular weight is 946 g/mol. The highest BCUT2D eigenvalue weighted by Crippen LogP contribution is 2.26. The van der Waals surface area contributed by atoms with Crippen molar-refractivity contribution < 1.29 is 57.0 Å². The molecule has 0 spiro atoms. The summed E-state index contributed by atoms with van der Waals surface area (Å²) in [4.78, 5) is 13.1. The maximum Gasteiger partial charge on any atom is 0.397 e. The number of carbonyl (C=O) groups is 1. The Hall–Kier alpha value is -1.72. The minimum atomic E-state index is -5.13. The summed E-state index contributed by atoms with van der Waals surface area (Å²) in [6.45, 7) is 3.21. The Balaban J connectivity index is 2.55. The smallest absolute Gasteiger partial charge is 0.394 e. The number of hydrogen-bond acceptors (Lipinski definition) is 11. The number of aliphatic hydroxyl groups excluding tert-OH is 5. The van der Waals surface area contributed by atoms with Gasteiger partial charge in [0.05, 0.1) is 25.4 Å². The fourth-order valence-electron chi connectivity index (χ4n) is 8.14. The average Bonchev–Trinajstić information content (AvgIpc) is 3.28. The number of rotatable bonds is 44. The summed E-state index contributed by atoms with van der Waals surface area (Å²) in [5, 5.41) is 55.3. The molecule has 0 saturated carbocycles. The second-order valence-electron chi connectivity index (χ2n) is 18.2. The number of allylic oxidation sites excluding steroid dienone is 5. The van der Waals surface area contributed by atoms with Gasteiger partial charge in [-0.1, -0.05) is 211 Å². The maximum absolute atomic E-state index is 13.1. The van der Waals surface area contributed by atoms with E-state index in [9.17, 15) is 43.3 Å². The first kappa shape index (κ1) is 61.3. The van der Waals surface area contributed by atoms with Gasteiger partial charge in [-0.05, 0) is 44.9 Å². The van der Waals surface area contributed by atoms with E-state index in [1.54, 1.807) is 6.08 Å². The highest BCUT2D eigenvalue weighted by molar-refractivity contribution is 7.80. The van der Waals surface area contributed by atoms with Crippen LogP contribution in [0.5, 0.6) is 0 Å². The Morgan fingerprint density at radius 2 is 1.03 bits per heavy atom. The van der Waals surface area contributed by atoms with Gasteiger partial charge in [-0.3, -0.25) is 9.35 Å². The van der Waals surface area contributed by atoms with Crippen molar-refractivity contribution >= 4 is 16.3 Å². The van der Waals surface area contributed by atoms with Gasteiger partial charge in [-0.15, -0.1) is 0 Å². The SMILES string of the molecule is CCCCCCCCCCCCC/C=C/CC/C=C/CC/C=C/C(O)C(COC1OC(CO)C(O)C(OS(=O)(=O)O)C1O)NC(=O)C(O)CCCCCCCCCCCCCCCCC. The number of hydrogen-bond donors (Lipinski definition) is 7.